The van der Waals surface area contributed by atoms with Crippen LogP contribution in [0, 0.1) is 0 Å². The van der Waals surface area contributed by atoms with Gasteiger partial charge in [0.2, 0.25) is 11.5 Å². The molecule has 70 valence electrons. The molecule has 0 aliphatic carbocycles. The Morgan fingerprint density at radius 1 is 1.62 bits per heavy atom. The maximum atomic E-state index is 10.9. The Labute approximate surface area is 74.6 Å². The van der Waals surface area contributed by atoms with Gasteiger partial charge < -0.3 is 15.0 Å². The van der Waals surface area contributed by atoms with Gasteiger partial charge in [0.1, 0.15) is 6.61 Å². The number of rotatable bonds is 2. The van der Waals surface area contributed by atoms with Crippen molar-refractivity contribution in [3.63, 3.8) is 0 Å². The second-order valence-electron chi connectivity index (χ2n) is 2.57. The lowest BCUT2D eigenvalue weighted by molar-refractivity contribution is -0.118. The first-order valence-electron chi connectivity index (χ1n) is 3.71. The third-order valence-electron chi connectivity index (χ3n) is 1.51. The lowest BCUT2D eigenvalue weighted by Gasteiger charge is -2.03. The summed E-state index contributed by atoms with van der Waals surface area (Å²) in [6.07, 6.45) is 1.48. The highest BCUT2D eigenvalue weighted by atomic mass is 16.3. The molecule has 0 bridgehead atoms. The molecule has 0 unspecified atom stereocenters. The molecule has 2 N–H and O–H groups in total. The predicted octanol–water partition coefficient (Wildman–Crippen LogP) is -0.684. The second kappa shape index (κ2) is 3.86. The maximum Gasteiger partial charge on any atom is 0.250 e. The van der Waals surface area contributed by atoms with Crippen molar-refractivity contribution in [2.75, 3.05) is 11.9 Å². The Kier molecular flexibility index (Phi) is 2.81. The minimum atomic E-state index is -0.567. The summed E-state index contributed by atoms with van der Waals surface area (Å²) < 4.78 is 1.34. The van der Waals surface area contributed by atoms with Gasteiger partial charge in [-0.2, -0.15) is 0 Å². The molecule has 0 spiro atoms. The smallest absolute Gasteiger partial charge is 0.250 e. The normalized spacial score (nSPS) is 9.69. The van der Waals surface area contributed by atoms with Crippen LogP contribution >= 0.6 is 0 Å². The molecule has 1 heterocycles. The molecule has 1 aromatic rings. The average molecular weight is 182 g/mol. The third kappa shape index (κ3) is 2.41. The van der Waals surface area contributed by atoms with E-state index in [9.17, 15) is 9.59 Å². The van der Waals surface area contributed by atoms with Crippen molar-refractivity contribution in [2.45, 2.75) is 0 Å². The number of anilines is 1. The molecule has 13 heavy (non-hydrogen) atoms. The van der Waals surface area contributed by atoms with Crippen LogP contribution in [0.3, 0.4) is 0 Å². The van der Waals surface area contributed by atoms with E-state index >= 15 is 0 Å². The summed E-state index contributed by atoms with van der Waals surface area (Å²) in [4.78, 5) is 21.7. The van der Waals surface area contributed by atoms with Gasteiger partial charge in [-0.3, -0.25) is 9.59 Å². The minimum Gasteiger partial charge on any atom is -0.387 e. The fourth-order valence-corrected chi connectivity index (χ4v) is 0.868. The van der Waals surface area contributed by atoms with Crippen LogP contribution in [0.25, 0.3) is 0 Å². The van der Waals surface area contributed by atoms with Crippen molar-refractivity contribution in [1.82, 2.24) is 4.57 Å². The van der Waals surface area contributed by atoms with E-state index in [0.717, 1.165) is 0 Å². The van der Waals surface area contributed by atoms with Crippen molar-refractivity contribution < 1.29 is 9.90 Å². The highest BCUT2D eigenvalue weighted by Gasteiger charge is 1.99. The Morgan fingerprint density at radius 2 is 2.31 bits per heavy atom. The number of nitrogens with one attached hydrogen (secondary N) is 1. The van der Waals surface area contributed by atoms with Crippen LogP contribution in [0.2, 0.25) is 0 Å². The van der Waals surface area contributed by atoms with Crippen LogP contribution in [-0.2, 0) is 11.8 Å². The lowest BCUT2D eigenvalue weighted by atomic mass is 10.4. The summed E-state index contributed by atoms with van der Waals surface area (Å²) in [5.74, 6) is -0.501. The molecule has 1 rings (SSSR count). The van der Waals surface area contributed by atoms with E-state index in [1.165, 1.54) is 22.9 Å². The Hall–Kier alpha value is -1.62. The van der Waals surface area contributed by atoms with Gasteiger partial charge in [0.25, 0.3) is 0 Å². The summed E-state index contributed by atoms with van der Waals surface area (Å²) in [5, 5.41) is 10.9. The zero-order chi connectivity index (χ0) is 9.84. The van der Waals surface area contributed by atoms with Crippen molar-refractivity contribution in [3.05, 3.63) is 28.7 Å². The number of amides is 1. The minimum absolute atomic E-state index is 0.151. The van der Waals surface area contributed by atoms with Crippen LogP contribution in [0.1, 0.15) is 0 Å². The highest BCUT2D eigenvalue weighted by Crippen LogP contribution is 2.01. The zero-order valence-electron chi connectivity index (χ0n) is 7.15. The zero-order valence-corrected chi connectivity index (χ0v) is 7.15. The molecule has 0 saturated carbocycles. The quantitative estimate of drug-likeness (QED) is 0.636. The SMILES string of the molecule is Cn1cc(NC(=O)CO)ccc1=O. The summed E-state index contributed by atoms with van der Waals surface area (Å²) in [6, 6.07) is 2.82. The molecule has 0 aliphatic heterocycles. The van der Waals surface area contributed by atoms with Crippen molar-refractivity contribution in [2.24, 2.45) is 7.05 Å². The van der Waals surface area contributed by atoms with E-state index in [1.807, 2.05) is 0 Å². The number of pyridine rings is 1. The fraction of sp³-hybridized carbons (Fsp3) is 0.250. The summed E-state index contributed by atoms with van der Waals surface area (Å²) in [6.45, 7) is -0.567. The predicted molar refractivity (Wildman–Crippen MR) is 47.4 cm³/mol. The molecule has 0 fully saturated rings. The molecule has 0 aliphatic rings. The Balaban J connectivity index is 2.86. The van der Waals surface area contributed by atoms with Crippen LogP contribution < -0.4 is 10.9 Å². The van der Waals surface area contributed by atoms with E-state index < -0.39 is 12.5 Å². The topological polar surface area (TPSA) is 71.3 Å². The van der Waals surface area contributed by atoms with Crippen LogP contribution in [-0.4, -0.2) is 22.2 Å². The van der Waals surface area contributed by atoms with Gasteiger partial charge in [0, 0.05) is 19.3 Å². The fourth-order valence-electron chi connectivity index (χ4n) is 0.868. The van der Waals surface area contributed by atoms with E-state index in [1.54, 1.807) is 7.05 Å². The first-order chi connectivity index (χ1) is 6.13. The molecule has 5 heteroatoms. The number of aliphatic hydroxyl groups excluding tert-OH is 1. The van der Waals surface area contributed by atoms with Crippen LogP contribution in [0.4, 0.5) is 5.69 Å². The Morgan fingerprint density at radius 3 is 2.85 bits per heavy atom. The molecule has 1 aromatic heterocycles. The van der Waals surface area contributed by atoms with Crippen LogP contribution in [0.5, 0.6) is 0 Å². The standard InChI is InChI=1S/C8H10N2O3/c1-10-4-6(2-3-8(10)13)9-7(12)5-11/h2-4,11H,5H2,1H3,(H,9,12). The molecular formula is C8H10N2O3. The number of carbonyl (C=O) groups excluding carboxylic acids is 1. The second-order valence-corrected chi connectivity index (χ2v) is 2.57. The van der Waals surface area contributed by atoms with Gasteiger partial charge in [0.15, 0.2) is 0 Å². The number of aromatic nitrogens is 1. The molecule has 1 amide bonds. The Bertz CT molecular complexity index is 370. The molecule has 0 saturated heterocycles. The highest BCUT2D eigenvalue weighted by molar-refractivity contribution is 5.91. The van der Waals surface area contributed by atoms with Crippen molar-refractivity contribution >= 4 is 11.6 Å². The first-order valence-corrected chi connectivity index (χ1v) is 3.71. The number of nitrogens with zero attached hydrogens (tertiary/aromatic N) is 1. The number of aliphatic hydroxyl groups is 1. The average Bonchev–Trinajstić information content (AvgIpc) is 2.11. The molecule has 0 aromatic carbocycles. The van der Waals surface area contributed by atoms with E-state index in [-0.39, 0.29) is 5.56 Å². The number of carbonyl (C=O) groups is 1. The third-order valence-corrected chi connectivity index (χ3v) is 1.51. The molecule has 5 nitrogen and oxygen atoms in total. The number of aryl methyl sites for hydroxylation is 1. The van der Waals surface area contributed by atoms with Crippen molar-refractivity contribution in [3.8, 4) is 0 Å². The largest absolute Gasteiger partial charge is 0.387 e. The van der Waals surface area contributed by atoms with Gasteiger partial charge in [-0.05, 0) is 6.07 Å². The van der Waals surface area contributed by atoms with Gasteiger partial charge in [-0.25, -0.2) is 0 Å². The van der Waals surface area contributed by atoms with Crippen LogP contribution in [0.15, 0.2) is 23.1 Å². The monoisotopic (exact) mass is 182 g/mol. The number of hydrogen-bond acceptors (Lipinski definition) is 3. The first kappa shape index (κ1) is 9.47. The van der Waals surface area contributed by atoms with Gasteiger partial charge in [-0.1, -0.05) is 0 Å². The summed E-state index contributed by atoms with van der Waals surface area (Å²) in [5.41, 5.74) is 0.336. The van der Waals surface area contributed by atoms with E-state index in [0.29, 0.717) is 5.69 Å². The number of hydrogen-bond donors (Lipinski definition) is 2. The van der Waals surface area contributed by atoms with E-state index in [2.05, 4.69) is 5.32 Å². The lowest BCUT2D eigenvalue weighted by Crippen LogP contribution is -2.19. The van der Waals surface area contributed by atoms with Gasteiger partial charge in [0.05, 0.1) is 5.69 Å². The van der Waals surface area contributed by atoms with Gasteiger partial charge >= 0.3 is 0 Å². The van der Waals surface area contributed by atoms with E-state index in [4.69, 9.17) is 5.11 Å². The van der Waals surface area contributed by atoms with Gasteiger partial charge in [-0.15, -0.1) is 0 Å². The maximum absolute atomic E-state index is 10.9. The molecule has 0 atom stereocenters. The summed E-state index contributed by atoms with van der Waals surface area (Å²) in [7, 11) is 1.58. The molecule has 0 radical (unpaired) electrons. The molecular weight excluding hydrogens is 172 g/mol. The summed E-state index contributed by atoms with van der Waals surface area (Å²) >= 11 is 0. The van der Waals surface area contributed by atoms with Crippen molar-refractivity contribution in [1.29, 1.82) is 0 Å².